The van der Waals surface area contributed by atoms with E-state index in [2.05, 4.69) is 6.92 Å². The van der Waals surface area contributed by atoms with Crippen molar-refractivity contribution in [1.29, 1.82) is 0 Å². The van der Waals surface area contributed by atoms with Crippen LogP contribution in [-0.2, 0) is 0 Å². The first kappa shape index (κ1) is 32.5. The number of imide groups is 1. The van der Waals surface area contributed by atoms with Crippen LogP contribution in [0.3, 0.4) is 0 Å². The molecule has 1 unspecified atom stereocenters. The molecule has 0 bridgehead atoms. The van der Waals surface area contributed by atoms with Gasteiger partial charge >= 0.3 is 0 Å². The number of hydrogen-bond donors (Lipinski definition) is 0. The molecule has 2 aromatic rings. The summed E-state index contributed by atoms with van der Waals surface area (Å²) in [4.78, 5) is 30.4. The Labute approximate surface area is 252 Å². The average molecular weight is 579 g/mol. The number of benzene rings is 2. The van der Waals surface area contributed by atoms with Gasteiger partial charge in [-0.05, 0) is 49.0 Å². The Bertz CT molecular complexity index is 1130. The van der Waals surface area contributed by atoms with E-state index < -0.39 is 0 Å². The third-order valence-electron chi connectivity index (χ3n) is 7.60. The van der Waals surface area contributed by atoms with E-state index in [1.54, 1.807) is 42.5 Å². The molecule has 2 amide bonds. The van der Waals surface area contributed by atoms with Gasteiger partial charge in [-0.3, -0.25) is 14.5 Å². The zero-order valence-corrected chi connectivity index (χ0v) is 25.7. The van der Waals surface area contributed by atoms with Gasteiger partial charge in [-0.2, -0.15) is 0 Å². The van der Waals surface area contributed by atoms with Crippen molar-refractivity contribution in [2.45, 2.75) is 90.0 Å². The van der Waals surface area contributed by atoms with E-state index in [1.807, 2.05) is 42.4 Å². The molecule has 1 aliphatic rings. The first-order valence-corrected chi connectivity index (χ1v) is 15.8. The first-order chi connectivity index (χ1) is 20.0. The minimum Gasteiger partial charge on any atom is -0.492 e. The summed E-state index contributed by atoms with van der Waals surface area (Å²) in [6.07, 6.45) is 23.3. The van der Waals surface area contributed by atoms with Crippen molar-refractivity contribution in [2.24, 2.45) is 0 Å². The Morgan fingerprint density at radius 2 is 1.41 bits per heavy atom. The molecule has 3 rings (SSSR count). The highest BCUT2D eigenvalue weighted by molar-refractivity contribution is 6.32. The number of carbonyl (C=O) groups is 2. The molecular weight excluding hydrogens is 532 g/mol. The van der Waals surface area contributed by atoms with Gasteiger partial charge in [0, 0.05) is 18.2 Å². The summed E-state index contributed by atoms with van der Waals surface area (Å²) in [6.45, 7) is 3.08. The van der Waals surface area contributed by atoms with E-state index in [0.717, 1.165) is 12.8 Å². The summed E-state index contributed by atoms with van der Waals surface area (Å²) in [7, 11) is 1.93. The summed E-state index contributed by atoms with van der Waals surface area (Å²) >= 11 is 6.53. The molecular formula is C35H47ClN2O3. The van der Waals surface area contributed by atoms with Gasteiger partial charge in [0.25, 0.3) is 11.8 Å². The van der Waals surface area contributed by atoms with Crippen molar-refractivity contribution in [2.75, 3.05) is 20.2 Å². The van der Waals surface area contributed by atoms with Crippen molar-refractivity contribution < 1.29 is 14.3 Å². The van der Waals surface area contributed by atoms with Crippen molar-refractivity contribution >= 4 is 23.4 Å². The summed E-state index contributed by atoms with van der Waals surface area (Å²) < 4.78 is 5.93. The molecule has 0 aliphatic carbocycles. The highest BCUT2D eigenvalue weighted by Crippen LogP contribution is 2.27. The van der Waals surface area contributed by atoms with Gasteiger partial charge < -0.3 is 9.64 Å². The highest BCUT2D eigenvalue weighted by atomic mass is 35.5. The van der Waals surface area contributed by atoms with Crippen molar-refractivity contribution in [1.82, 2.24) is 9.80 Å². The predicted octanol–water partition coefficient (Wildman–Crippen LogP) is 9.09. The molecule has 2 aromatic carbocycles. The third-order valence-corrected chi connectivity index (χ3v) is 7.90. The van der Waals surface area contributed by atoms with E-state index in [-0.39, 0.29) is 24.4 Å². The number of rotatable bonds is 18. The predicted molar refractivity (Wildman–Crippen MR) is 170 cm³/mol. The molecule has 1 aliphatic heterocycles. The molecule has 5 nitrogen and oxygen atoms in total. The second-order valence-corrected chi connectivity index (χ2v) is 11.3. The van der Waals surface area contributed by atoms with Crippen LogP contribution in [0.25, 0.3) is 0 Å². The fourth-order valence-corrected chi connectivity index (χ4v) is 5.26. The lowest BCUT2D eigenvalue weighted by atomic mass is 10.1. The molecule has 222 valence electrons. The van der Waals surface area contributed by atoms with Crippen molar-refractivity contribution in [3.63, 3.8) is 0 Å². The zero-order chi connectivity index (χ0) is 29.3. The summed E-state index contributed by atoms with van der Waals surface area (Å²) in [5, 5.41) is 0.375. The van der Waals surface area contributed by atoms with Crippen LogP contribution in [0.5, 0.6) is 5.75 Å². The maximum atomic E-state index is 13.6. The van der Waals surface area contributed by atoms with Crippen LogP contribution >= 0.6 is 11.6 Å². The first-order valence-electron chi connectivity index (χ1n) is 15.4. The smallest absolute Gasteiger partial charge is 0.260 e. The van der Waals surface area contributed by atoms with E-state index in [0.29, 0.717) is 28.5 Å². The molecule has 0 fully saturated rings. The average Bonchev–Trinajstić information content (AvgIpc) is 2.99. The minimum absolute atomic E-state index is 0.120. The molecule has 1 heterocycles. The second-order valence-electron chi connectivity index (χ2n) is 10.9. The van der Waals surface area contributed by atoms with Gasteiger partial charge in [-0.1, -0.05) is 120 Å². The molecule has 41 heavy (non-hydrogen) atoms. The standard InChI is InChI=1S/C35H47ClN2O3/c1-3-4-5-6-7-8-9-10-11-12-13-19-26-41-33-24-23-30(27-32(33)36)35(40)38(28-31-22-17-18-25-37(31)2)34(39)29-20-15-14-16-21-29/h14-18,20-25,27,31H,3-13,19,26,28H2,1-2H3. The molecule has 0 saturated carbocycles. The maximum absolute atomic E-state index is 13.6. The summed E-state index contributed by atoms with van der Waals surface area (Å²) in [6, 6.07) is 13.8. The van der Waals surface area contributed by atoms with Crippen molar-refractivity contribution in [3.8, 4) is 5.75 Å². The number of ether oxygens (including phenoxy) is 1. The molecule has 1 atom stereocenters. The fraction of sp³-hybridized carbons (Fsp3) is 0.486. The van der Waals surface area contributed by atoms with Gasteiger partial charge in [0.05, 0.1) is 24.2 Å². The lowest BCUT2D eigenvalue weighted by molar-refractivity contribution is 0.0592. The highest BCUT2D eigenvalue weighted by Gasteiger charge is 2.28. The van der Waals surface area contributed by atoms with Gasteiger partial charge in [-0.25, -0.2) is 0 Å². The number of carbonyl (C=O) groups excluding carboxylic acids is 2. The molecule has 6 heteroatoms. The number of unbranched alkanes of at least 4 members (excludes halogenated alkanes) is 11. The maximum Gasteiger partial charge on any atom is 0.260 e. The van der Waals surface area contributed by atoms with Crippen LogP contribution in [0.2, 0.25) is 5.02 Å². The number of halogens is 1. The Kier molecular flexibility index (Phi) is 14.6. The zero-order valence-electron chi connectivity index (χ0n) is 24.9. The Morgan fingerprint density at radius 1 is 0.805 bits per heavy atom. The normalized spacial score (nSPS) is 14.3. The van der Waals surface area contributed by atoms with E-state index >= 15 is 0 Å². The monoisotopic (exact) mass is 578 g/mol. The molecule has 0 aromatic heterocycles. The van der Waals surface area contributed by atoms with Gasteiger partial charge in [-0.15, -0.1) is 0 Å². The van der Waals surface area contributed by atoms with Gasteiger partial charge in [0.2, 0.25) is 0 Å². The quantitative estimate of drug-likeness (QED) is 0.131. The van der Waals surface area contributed by atoms with Crippen LogP contribution < -0.4 is 4.74 Å². The topological polar surface area (TPSA) is 49.9 Å². The van der Waals surface area contributed by atoms with E-state index in [9.17, 15) is 9.59 Å². The molecule has 0 N–H and O–H groups in total. The van der Waals surface area contributed by atoms with Gasteiger partial charge in [0.15, 0.2) is 0 Å². The van der Waals surface area contributed by atoms with E-state index in [1.165, 1.54) is 69.1 Å². The lowest BCUT2D eigenvalue weighted by Gasteiger charge is -2.31. The Morgan fingerprint density at radius 3 is 2.02 bits per heavy atom. The van der Waals surface area contributed by atoms with Crippen molar-refractivity contribution in [3.05, 3.63) is 89.1 Å². The number of amides is 2. The fourth-order valence-electron chi connectivity index (χ4n) is 5.03. The Hall–Kier alpha value is -3.05. The van der Waals surface area contributed by atoms with Crippen LogP contribution in [-0.4, -0.2) is 47.9 Å². The third kappa shape index (κ3) is 11.0. The van der Waals surface area contributed by atoms with Crippen LogP contribution in [0, 0.1) is 0 Å². The molecule has 0 radical (unpaired) electrons. The van der Waals surface area contributed by atoms with E-state index in [4.69, 9.17) is 16.3 Å². The van der Waals surface area contributed by atoms with Crippen LogP contribution in [0.1, 0.15) is 105 Å². The molecule has 0 saturated heterocycles. The van der Waals surface area contributed by atoms with Gasteiger partial charge in [0.1, 0.15) is 5.75 Å². The molecule has 0 spiro atoms. The summed E-state index contributed by atoms with van der Waals surface area (Å²) in [5.74, 6) is -0.160. The SMILES string of the molecule is CCCCCCCCCCCCCCOc1ccc(C(=O)N(CC2C=CC=CN2C)C(=O)c2ccccc2)cc1Cl. The van der Waals surface area contributed by atoms with Crippen LogP contribution in [0.15, 0.2) is 73.0 Å². The Balaban J connectivity index is 1.47. The second kappa shape index (κ2) is 18.4. The number of likely N-dealkylation sites (N-methyl/N-ethyl adjacent to an activating group) is 1. The minimum atomic E-state index is -0.385. The van der Waals surface area contributed by atoms with Crippen LogP contribution in [0.4, 0.5) is 0 Å². The largest absolute Gasteiger partial charge is 0.492 e. The lowest BCUT2D eigenvalue weighted by Crippen LogP contribution is -2.45. The number of hydrogen-bond acceptors (Lipinski definition) is 4. The summed E-state index contributed by atoms with van der Waals surface area (Å²) in [5.41, 5.74) is 0.822. The number of nitrogens with zero attached hydrogens (tertiary/aromatic N) is 2. The number of allylic oxidation sites excluding steroid dienone is 2.